The molecule has 0 radical (unpaired) electrons. The number of likely N-dealkylation sites (tertiary alicyclic amines) is 1. The van der Waals surface area contributed by atoms with Crippen LogP contribution in [0.2, 0.25) is 0 Å². The second-order valence-electron chi connectivity index (χ2n) is 6.01. The zero-order valence-corrected chi connectivity index (χ0v) is 13.8. The maximum atomic E-state index is 4.69. The van der Waals surface area contributed by atoms with E-state index >= 15 is 0 Å². The molecule has 3 aromatic heterocycles. The van der Waals surface area contributed by atoms with Crippen LogP contribution in [0.5, 0.6) is 0 Å². The molecule has 126 valence electrons. The lowest BCUT2D eigenvalue weighted by molar-refractivity contribution is 0.244. The van der Waals surface area contributed by atoms with Gasteiger partial charge in [-0.2, -0.15) is 0 Å². The first kappa shape index (κ1) is 15.6. The lowest BCUT2D eigenvalue weighted by Gasteiger charge is -2.24. The monoisotopic (exact) mass is 333 g/mol. The minimum atomic E-state index is 0.297. The third-order valence-corrected chi connectivity index (χ3v) is 4.29. The van der Waals surface area contributed by atoms with E-state index in [4.69, 9.17) is 4.98 Å². The Balaban J connectivity index is 1.51. The molecular weight excluding hydrogens is 314 g/mol. The average molecular weight is 333 g/mol. The maximum absolute atomic E-state index is 4.69. The van der Waals surface area contributed by atoms with Gasteiger partial charge in [-0.05, 0) is 37.1 Å². The van der Waals surface area contributed by atoms with Crippen molar-refractivity contribution in [1.29, 1.82) is 0 Å². The number of hydrogen-bond acceptors (Lipinski definition) is 7. The lowest BCUT2D eigenvalue weighted by atomic mass is 10.1. The van der Waals surface area contributed by atoms with E-state index in [0.717, 1.165) is 25.2 Å². The lowest BCUT2D eigenvalue weighted by Crippen LogP contribution is -2.23. The summed E-state index contributed by atoms with van der Waals surface area (Å²) in [5, 5.41) is 3.11. The predicted molar refractivity (Wildman–Crippen MR) is 94.0 cm³/mol. The number of nitrogens with zero attached hydrogens (tertiary/aromatic N) is 6. The fraction of sp³-hybridized carbons (Fsp3) is 0.278. The topological polar surface area (TPSA) is 79.7 Å². The minimum absolute atomic E-state index is 0.297. The van der Waals surface area contributed by atoms with Gasteiger partial charge < -0.3 is 5.32 Å². The fourth-order valence-electron chi connectivity index (χ4n) is 3.17. The van der Waals surface area contributed by atoms with Crippen molar-refractivity contribution in [2.75, 3.05) is 11.9 Å². The molecule has 7 heteroatoms. The number of anilines is 2. The van der Waals surface area contributed by atoms with E-state index < -0.39 is 0 Å². The van der Waals surface area contributed by atoms with Gasteiger partial charge in [0.2, 0.25) is 5.95 Å². The predicted octanol–water partition coefficient (Wildman–Crippen LogP) is 2.74. The first-order chi connectivity index (χ1) is 12.4. The zero-order chi connectivity index (χ0) is 16.9. The van der Waals surface area contributed by atoms with Gasteiger partial charge >= 0.3 is 0 Å². The van der Waals surface area contributed by atoms with Crippen LogP contribution in [0.25, 0.3) is 0 Å². The SMILES string of the molecule is c1cncc(CN2CCCC2c2ccnc(Nc3cnccn3)n2)c1. The highest BCUT2D eigenvalue weighted by Gasteiger charge is 2.27. The van der Waals surface area contributed by atoms with E-state index in [2.05, 4.69) is 36.2 Å². The van der Waals surface area contributed by atoms with Crippen LogP contribution >= 0.6 is 0 Å². The summed E-state index contributed by atoms with van der Waals surface area (Å²) in [5.41, 5.74) is 2.25. The summed E-state index contributed by atoms with van der Waals surface area (Å²) in [4.78, 5) is 23.9. The van der Waals surface area contributed by atoms with Crippen LogP contribution in [0.15, 0.2) is 55.4 Å². The fourth-order valence-corrected chi connectivity index (χ4v) is 3.17. The van der Waals surface area contributed by atoms with Crippen LogP contribution < -0.4 is 5.32 Å². The standard InChI is InChI=1S/C18H19N7/c1-3-14(11-19-6-1)13-25-10-2-4-16(25)15-5-7-22-18(23-15)24-17-12-20-8-9-21-17/h1,3,5-9,11-12,16H,2,4,10,13H2,(H,21,22,23,24). The van der Waals surface area contributed by atoms with E-state index in [9.17, 15) is 0 Å². The van der Waals surface area contributed by atoms with Crippen molar-refractivity contribution >= 4 is 11.8 Å². The maximum Gasteiger partial charge on any atom is 0.228 e. The van der Waals surface area contributed by atoms with Crippen LogP contribution in [-0.2, 0) is 6.54 Å². The molecular formula is C18H19N7. The van der Waals surface area contributed by atoms with Gasteiger partial charge in [0.15, 0.2) is 5.82 Å². The van der Waals surface area contributed by atoms with Crippen molar-refractivity contribution in [1.82, 2.24) is 29.8 Å². The summed E-state index contributed by atoms with van der Waals surface area (Å²) in [5.74, 6) is 1.18. The summed E-state index contributed by atoms with van der Waals surface area (Å²) >= 11 is 0. The molecule has 1 unspecified atom stereocenters. The molecule has 4 rings (SSSR count). The largest absolute Gasteiger partial charge is 0.307 e. The number of pyridine rings is 1. The molecule has 25 heavy (non-hydrogen) atoms. The molecule has 1 N–H and O–H groups in total. The quantitative estimate of drug-likeness (QED) is 0.769. The molecule has 1 atom stereocenters. The van der Waals surface area contributed by atoms with Gasteiger partial charge in [-0.1, -0.05) is 6.07 Å². The third kappa shape index (κ3) is 3.77. The number of hydrogen-bond donors (Lipinski definition) is 1. The Hall–Kier alpha value is -2.93. The molecule has 7 nitrogen and oxygen atoms in total. The van der Waals surface area contributed by atoms with E-state index in [1.807, 2.05) is 18.3 Å². The molecule has 1 saturated heterocycles. The Kier molecular flexibility index (Phi) is 4.56. The van der Waals surface area contributed by atoms with Crippen LogP contribution in [0.3, 0.4) is 0 Å². The van der Waals surface area contributed by atoms with E-state index in [1.165, 1.54) is 12.0 Å². The van der Waals surface area contributed by atoms with Crippen molar-refractivity contribution in [2.24, 2.45) is 0 Å². The Morgan fingerprint density at radius 2 is 2.00 bits per heavy atom. The number of rotatable bonds is 5. The summed E-state index contributed by atoms with van der Waals surface area (Å²) in [6.07, 6.45) is 12.7. The molecule has 0 spiro atoms. The molecule has 0 saturated carbocycles. The van der Waals surface area contributed by atoms with Gasteiger partial charge in [0.05, 0.1) is 17.9 Å². The molecule has 1 fully saturated rings. The molecule has 0 amide bonds. The molecule has 1 aliphatic heterocycles. The molecule has 4 heterocycles. The summed E-state index contributed by atoms with van der Waals surface area (Å²) in [6, 6.07) is 6.39. The van der Waals surface area contributed by atoms with Crippen molar-refractivity contribution in [3.63, 3.8) is 0 Å². The Bertz CT molecular complexity index is 810. The van der Waals surface area contributed by atoms with Gasteiger partial charge in [-0.25, -0.2) is 15.0 Å². The van der Waals surface area contributed by atoms with E-state index in [-0.39, 0.29) is 0 Å². The Labute approximate surface area is 146 Å². The number of nitrogens with one attached hydrogen (secondary N) is 1. The van der Waals surface area contributed by atoms with E-state index in [1.54, 1.807) is 31.0 Å². The van der Waals surface area contributed by atoms with Crippen molar-refractivity contribution < 1.29 is 0 Å². The molecule has 1 aliphatic rings. The first-order valence-corrected chi connectivity index (χ1v) is 8.37. The van der Waals surface area contributed by atoms with Gasteiger partial charge in [-0.3, -0.25) is 14.9 Å². The van der Waals surface area contributed by atoms with Crippen molar-refractivity contribution in [2.45, 2.75) is 25.4 Å². The van der Waals surface area contributed by atoms with Gasteiger partial charge in [0.1, 0.15) is 0 Å². The Morgan fingerprint density at radius 3 is 2.84 bits per heavy atom. The average Bonchev–Trinajstić information content (AvgIpc) is 3.12. The zero-order valence-electron chi connectivity index (χ0n) is 13.8. The second kappa shape index (κ2) is 7.31. The van der Waals surface area contributed by atoms with Gasteiger partial charge in [0.25, 0.3) is 0 Å². The summed E-state index contributed by atoms with van der Waals surface area (Å²) in [7, 11) is 0. The van der Waals surface area contributed by atoms with Gasteiger partial charge in [-0.15, -0.1) is 0 Å². The molecule has 3 aromatic rings. The van der Waals surface area contributed by atoms with Crippen LogP contribution in [0.4, 0.5) is 11.8 Å². The second-order valence-corrected chi connectivity index (χ2v) is 6.01. The number of aromatic nitrogens is 5. The van der Waals surface area contributed by atoms with Crippen LogP contribution in [0, 0.1) is 0 Å². The van der Waals surface area contributed by atoms with Crippen molar-refractivity contribution in [3.8, 4) is 0 Å². The summed E-state index contributed by atoms with van der Waals surface area (Å²) < 4.78 is 0. The van der Waals surface area contributed by atoms with Crippen LogP contribution in [-0.4, -0.2) is 36.4 Å². The smallest absolute Gasteiger partial charge is 0.228 e. The Morgan fingerprint density at radius 1 is 1.04 bits per heavy atom. The van der Waals surface area contributed by atoms with Crippen LogP contribution in [0.1, 0.15) is 30.1 Å². The molecule has 0 bridgehead atoms. The normalized spacial score (nSPS) is 17.5. The third-order valence-electron chi connectivity index (χ3n) is 4.29. The van der Waals surface area contributed by atoms with E-state index in [0.29, 0.717) is 17.8 Å². The highest BCUT2D eigenvalue weighted by Crippen LogP contribution is 2.32. The minimum Gasteiger partial charge on any atom is -0.307 e. The first-order valence-electron chi connectivity index (χ1n) is 8.37. The van der Waals surface area contributed by atoms with Crippen molar-refractivity contribution in [3.05, 3.63) is 66.6 Å². The summed E-state index contributed by atoms with van der Waals surface area (Å²) in [6.45, 7) is 1.95. The highest BCUT2D eigenvalue weighted by atomic mass is 15.2. The molecule has 0 aromatic carbocycles. The van der Waals surface area contributed by atoms with Gasteiger partial charge in [0, 0.05) is 37.5 Å². The molecule has 0 aliphatic carbocycles. The highest BCUT2D eigenvalue weighted by molar-refractivity contribution is 5.45.